The van der Waals surface area contributed by atoms with Gasteiger partial charge in [-0.25, -0.2) is 0 Å². The maximum Gasteiger partial charge on any atom is 0.0464 e. The molecule has 0 spiro atoms. The van der Waals surface area contributed by atoms with Gasteiger partial charge in [0.05, 0.1) is 0 Å². The van der Waals surface area contributed by atoms with Gasteiger partial charge < -0.3 is 0 Å². The summed E-state index contributed by atoms with van der Waals surface area (Å²) in [6, 6.07) is 14.1. The lowest BCUT2D eigenvalue weighted by molar-refractivity contribution is 0.947. The fourth-order valence-electron chi connectivity index (χ4n) is 1.91. The molecule has 0 nitrogen and oxygen atoms in total. The molecule has 0 saturated heterocycles. The molecule has 3 heteroatoms. The second kappa shape index (κ2) is 6.10. The van der Waals surface area contributed by atoms with Gasteiger partial charge in [0, 0.05) is 14.9 Å². The zero-order valence-electron chi connectivity index (χ0n) is 9.96. The summed E-state index contributed by atoms with van der Waals surface area (Å²) in [5.74, 6) is 0. The molecule has 1 unspecified atom stereocenters. The average molecular weight is 344 g/mol. The van der Waals surface area contributed by atoms with Gasteiger partial charge in [-0.05, 0) is 36.6 Å². The minimum Gasteiger partial charge on any atom is -0.0843 e. The molecule has 2 aromatic carbocycles. The maximum atomic E-state index is 6.21. The Bertz CT molecular complexity index is 552. The van der Waals surface area contributed by atoms with E-state index in [-0.39, 0.29) is 4.83 Å². The van der Waals surface area contributed by atoms with Crippen LogP contribution in [0, 0.1) is 6.92 Å². The summed E-state index contributed by atoms with van der Waals surface area (Å²) in [5, 5.41) is 1.37. The average Bonchev–Trinajstić information content (AvgIpc) is 2.28. The summed E-state index contributed by atoms with van der Waals surface area (Å²) in [7, 11) is 0. The summed E-state index contributed by atoms with van der Waals surface area (Å²) in [6.45, 7) is 2.10. The quantitative estimate of drug-likeness (QED) is 0.601. The Morgan fingerprint density at radius 1 is 1.11 bits per heavy atom. The Kier molecular flexibility index (Phi) is 4.71. The van der Waals surface area contributed by atoms with Gasteiger partial charge in [0.1, 0.15) is 0 Å². The van der Waals surface area contributed by atoms with Crippen LogP contribution >= 0.6 is 39.1 Å². The Hall–Kier alpha value is -0.500. The van der Waals surface area contributed by atoms with E-state index in [9.17, 15) is 0 Å². The number of benzene rings is 2. The zero-order valence-corrected chi connectivity index (χ0v) is 13.1. The van der Waals surface area contributed by atoms with Crippen molar-refractivity contribution in [2.24, 2.45) is 0 Å². The van der Waals surface area contributed by atoms with Crippen molar-refractivity contribution < 1.29 is 0 Å². The number of rotatable bonds is 3. The van der Waals surface area contributed by atoms with Crippen LogP contribution in [0.3, 0.4) is 0 Å². The van der Waals surface area contributed by atoms with E-state index >= 15 is 0 Å². The monoisotopic (exact) mass is 342 g/mol. The summed E-state index contributed by atoms with van der Waals surface area (Å²) >= 11 is 15.8. The molecule has 18 heavy (non-hydrogen) atoms. The highest BCUT2D eigenvalue weighted by molar-refractivity contribution is 9.09. The van der Waals surface area contributed by atoms with Crippen molar-refractivity contribution in [2.45, 2.75) is 18.2 Å². The van der Waals surface area contributed by atoms with Crippen LogP contribution in [0.1, 0.15) is 21.5 Å². The molecule has 1 atom stereocenters. The molecule has 0 N–H and O–H groups in total. The number of hydrogen-bond donors (Lipinski definition) is 0. The minimum atomic E-state index is 0.198. The van der Waals surface area contributed by atoms with Gasteiger partial charge in [0.2, 0.25) is 0 Å². The summed E-state index contributed by atoms with van der Waals surface area (Å²) in [5.41, 5.74) is 3.64. The highest BCUT2D eigenvalue weighted by atomic mass is 79.9. The number of hydrogen-bond acceptors (Lipinski definition) is 0. The summed E-state index contributed by atoms with van der Waals surface area (Å²) in [4.78, 5) is 0.198. The van der Waals surface area contributed by atoms with E-state index in [2.05, 4.69) is 47.1 Å². The van der Waals surface area contributed by atoms with Crippen LogP contribution < -0.4 is 0 Å². The Morgan fingerprint density at radius 2 is 1.89 bits per heavy atom. The molecule has 0 aliphatic carbocycles. The topological polar surface area (TPSA) is 0 Å². The third-order valence-corrected chi connectivity index (χ3v) is 4.18. The van der Waals surface area contributed by atoms with Crippen molar-refractivity contribution >= 4 is 39.1 Å². The summed E-state index contributed by atoms with van der Waals surface area (Å²) < 4.78 is 0. The second-order valence-electron chi connectivity index (χ2n) is 4.33. The molecule has 0 saturated carbocycles. The first kappa shape index (κ1) is 13.9. The van der Waals surface area contributed by atoms with Crippen molar-refractivity contribution in [1.82, 2.24) is 0 Å². The molecular formula is C15H13BrCl2. The molecule has 0 aliphatic rings. The molecule has 0 heterocycles. The highest BCUT2D eigenvalue weighted by Gasteiger charge is 2.12. The van der Waals surface area contributed by atoms with E-state index in [0.29, 0.717) is 10.0 Å². The number of alkyl halides is 1. The normalized spacial score (nSPS) is 12.4. The Labute approximate surface area is 126 Å². The molecule has 2 rings (SSSR count). The van der Waals surface area contributed by atoms with E-state index in [1.807, 2.05) is 12.1 Å². The molecule has 0 amide bonds. The molecule has 94 valence electrons. The first-order valence-electron chi connectivity index (χ1n) is 5.71. The molecular weight excluding hydrogens is 331 g/mol. The van der Waals surface area contributed by atoms with Gasteiger partial charge in [0.15, 0.2) is 0 Å². The van der Waals surface area contributed by atoms with Crippen molar-refractivity contribution in [1.29, 1.82) is 0 Å². The predicted molar refractivity (Wildman–Crippen MR) is 83.0 cm³/mol. The minimum absolute atomic E-state index is 0.198. The SMILES string of the molecule is Cc1cccc(CC(Br)c2ccc(Cl)cc2Cl)c1. The molecule has 0 fully saturated rings. The lowest BCUT2D eigenvalue weighted by Gasteiger charge is -2.13. The van der Waals surface area contributed by atoms with Crippen LogP contribution in [0.15, 0.2) is 42.5 Å². The van der Waals surface area contributed by atoms with Crippen LogP contribution in [0.5, 0.6) is 0 Å². The smallest absolute Gasteiger partial charge is 0.0464 e. The molecule has 0 radical (unpaired) electrons. The predicted octanol–water partition coefficient (Wildman–Crippen LogP) is 5.98. The van der Waals surface area contributed by atoms with Gasteiger partial charge in [-0.15, -0.1) is 0 Å². The van der Waals surface area contributed by atoms with E-state index in [4.69, 9.17) is 23.2 Å². The van der Waals surface area contributed by atoms with Crippen molar-refractivity contribution in [3.63, 3.8) is 0 Å². The largest absolute Gasteiger partial charge is 0.0843 e. The van der Waals surface area contributed by atoms with E-state index in [0.717, 1.165) is 12.0 Å². The Balaban J connectivity index is 2.19. The van der Waals surface area contributed by atoms with Crippen molar-refractivity contribution in [2.75, 3.05) is 0 Å². The van der Waals surface area contributed by atoms with Crippen LogP contribution in [0.2, 0.25) is 10.0 Å². The standard InChI is InChI=1S/C15H13BrCl2/c1-10-3-2-4-11(7-10)8-14(16)13-6-5-12(17)9-15(13)18/h2-7,9,14H,8H2,1H3. The van der Waals surface area contributed by atoms with Gasteiger partial charge in [-0.2, -0.15) is 0 Å². The maximum absolute atomic E-state index is 6.21. The van der Waals surface area contributed by atoms with Crippen molar-refractivity contribution in [3.05, 3.63) is 69.2 Å². The molecule has 0 aliphatic heterocycles. The van der Waals surface area contributed by atoms with E-state index in [1.165, 1.54) is 11.1 Å². The third-order valence-electron chi connectivity index (χ3n) is 2.80. The Morgan fingerprint density at radius 3 is 2.56 bits per heavy atom. The highest BCUT2D eigenvalue weighted by Crippen LogP contribution is 2.33. The zero-order chi connectivity index (χ0) is 13.1. The fraction of sp³-hybridized carbons (Fsp3) is 0.200. The van der Waals surface area contributed by atoms with Gasteiger partial charge in [-0.1, -0.05) is 75.0 Å². The lowest BCUT2D eigenvalue weighted by atomic mass is 10.0. The van der Waals surface area contributed by atoms with Gasteiger partial charge in [0.25, 0.3) is 0 Å². The fourth-order valence-corrected chi connectivity index (χ4v) is 3.36. The van der Waals surface area contributed by atoms with Crippen LogP contribution in [-0.4, -0.2) is 0 Å². The summed E-state index contributed by atoms with van der Waals surface area (Å²) in [6.07, 6.45) is 0.906. The number of halogens is 3. The van der Waals surface area contributed by atoms with E-state index < -0.39 is 0 Å². The lowest BCUT2D eigenvalue weighted by Crippen LogP contribution is -1.96. The van der Waals surface area contributed by atoms with Crippen LogP contribution in [0.25, 0.3) is 0 Å². The van der Waals surface area contributed by atoms with Crippen LogP contribution in [-0.2, 0) is 6.42 Å². The van der Waals surface area contributed by atoms with Gasteiger partial charge >= 0.3 is 0 Å². The first-order valence-corrected chi connectivity index (χ1v) is 7.38. The molecule has 2 aromatic rings. The van der Waals surface area contributed by atoms with Crippen molar-refractivity contribution in [3.8, 4) is 0 Å². The van der Waals surface area contributed by atoms with Crippen LogP contribution in [0.4, 0.5) is 0 Å². The second-order valence-corrected chi connectivity index (χ2v) is 6.28. The molecule has 0 aromatic heterocycles. The first-order chi connectivity index (χ1) is 8.56. The number of aryl methyl sites for hydroxylation is 1. The third kappa shape index (κ3) is 3.50. The van der Waals surface area contributed by atoms with Gasteiger partial charge in [-0.3, -0.25) is 0 Å². The molecule has 0 bridgehead atoms. The van der Waals surface area contributed by atoms with E-state index in [1.54, 1.807) is 6.07 Å².